The molecular formula is C18H9Cl2F3N4O2. The number of hydrogen-bond donors (Lipinski definition) is 0. The van der Waals surface area contributed by atoms with Crippen molar-refractivity contribution < 1.29 is 22.7 Å². The lowest BCUT2D eigenvalue weighted by molar-refractivity contribution is -0.141. The first-order valence-corrected chi connectivity index (χ1v) is 8.82. The standard InChI is InChI=1S/C18H9Cl2F3N4O2/c19-9-3-4-12-10(6-9)14(8-28)29-17(25-12)13-7-15(18(21,22)23)26-27(13)16-11(20)2-1-5-24-16/h1-8,14H. The SMILES string of the molecule is O=CC1OC(c2cc(C(F)(F)F)nn2-c2ncccc2Cl)=Nc2ccc(Cl)cc21. The van der Waals surface area contributed by atoms with Crippen LogP contribution in [0.5, 0.6) is 0 Å². The van der Waals surface area contributed by atoms with Gasteiger partial charge in [-0.1, -0.05) is 23.2 Å². The van der Waals surface area contributed by atoms with E-state index in [1.807, 2.05) is 0 Å². The lowest BCUT2D eigenvalue weighted by Crippen LogP contribution is -2.21. The molecule has 1 unspecified atom stereocenters. The molecule has 1 aliphatic heterocycles. The minimum absolute atomic E-state index is 0.0458. The van der Waals surface area contributed by atoms with Gasteiger partial charge in [0.25, 0.3) is 0 Å². The van der Waals surface area contributed by atoms with Crippen molar-refractivity contribution in [3.05, 3.63) is 69.6 Å². The van der Waals surface area contributed by atoms with Crippen molar-refractivity contribution in [1.29, 1.82) is 0 Å². The first-order chi connectivity index (χ1) is 13.8. The molecule has 11 heteroatoms. The van der Waals surface area contributed by atoms with Crippen LogP contribution in [-0.2, 0) is 15.7 Å². The molecule has 0 saturated carbocycles. The minimum Gasteiger partial charge on any atom is -0.460 e. The first-order valence-electron chi connectivity index (χ1n) is 8.06. The Labute approximate surface area is 171 Å². The van der Waals surface area contributed by atoms with Gasteiger partial charge in [-0.25, -0.2) is 14.7 Å². The van der Waals surface area contributed by atoms with Crippen molar-refractivity contribution in [3.63, 3.8) is 0 Å². The molecular weight excluding hydrogens is 432 g/mol. The number of pyridine rings is 1. The molecule has 3 heterocycles. The van der Waals surface area contributed by atoms with Gasteiger partial charge in [0.15, 0.2) is 23.9 Å². The summed E-state index contributed by atoms with van der Waals surface area (Å²) in [6, 6.07) is 8.32. The zero-order valence-electron chi connectivity index (χ0n) is 14.2. The second kappa shape index (κ2) is 7.16. The Morgan fingerprint density at radius 2 is 1.97 bits per heavy atom. The number of carbonyl (C=O) groups excluding carboxylic acids is 1. The summed E-state index contributed by atoms with van der Waals surface area (Å²) >= 11 is 12.0. The van der Waals surface area contributed by atoms with Crippen LogP contribution in [0.1, 0.15) is 23.1 Å². The number of rotatable bonds is 3. The van der Waals surface area contributed by atoms with Crippen molar-refractivity contribution in [1.82, 2.24) is 14.8 Å². The molecule has 148 valence electrons. The number of aromatic nitrogens is 3. The zero-order valence-corrected chi connectivity index (χ0v) is 15.7. The lowest BCUT2D eigenvalue weighted by Gasteiger charge is -2.22. The van der Waals surface area contributed by atoms with Crippen LogP contribution in [0.25, 0.3) is 5.82 Å². The van der Waals surface area contributed by atoms with Gasteiger partial charge in [0, 0.05) is 22.8 Å². The first kappa shape index (κ1) is 19.4. The number of aliphatic imine (C=N–C) groups is 1. The molecule has 0 spiro atoms. The molecule has 0 bridgehead atoms. The van der Waals surface area contributed by atoms with Crippen LogP contribution in [0.2, 0.25) is 10.0 Å². The average molecular weight is 441 g/mol. The van der Waals surface area contributed by atoms with Gasteiger partial charge in [0.1, 0.15) is 5.69 Å². The third-order valence-corrected chi connectivity index (χ3v) is 4.57. The van der Waals surface area contributed by atoms with Crippen LogP contribution in [0.3, 0.4) is 0 Å². The molecule has 1 atom stereocenters. The third kappa shape index (κ3) is 3.58. The van der Waals surface area contributed by atoms with Gasteiger partial charge >= 0.3 is 6.18 Å². The second-order valence-electron chi connectivity index (χ2n) is 5.93. The average Bonchev–Trinajstić information content (AvgIpc) is 3.13. The summed E-state index contributed by atoms with van der Waals surface area (Å²) in [5.74, 6) is -0.280. The predicted molar refractivity (Wildman–Crippen MR) is 98.9 cm³/mol. The number of hydrogen-bond acceptors (Lipinski definition) is 5. The van der Waals surface area contributed by atoms with Gasteiger partial charge in [0.2, 0.25) is 5.90 Å². The van der Waals surface area contributed by atoms with E-state index in [9.17, 15) is 18.0 Å². The fourth-order valence-electron chi connectivity index (χ4n) is 2.76. The highest BCUT2D eigenvalue weighted by atomic mass is 35.5. The zero-order chi connectivity index (χ0) is 20.8. The van der Waals surface area contributed by atoms with E-state index in [2.05, 4.69) is 15.1 Å². The topological polar surface area (TPSA) is 69.4 Å². The van der Waals surface area contributed by atoms with Crippen LogP contribution >= 0.6 is 23.2 Å². The van der Waals surface area contributed by atoms with Crippen molar-refractivity contribution in [2.45, 2.75) is 12.3 Å². The maximum atomic E-state index is 13.3. The maximum Gasteiger partial charge on any atom is 0.435 e. The van der Waals surface area contributed by atoms with Crippen molar-refractivity contribution in [2.24, 2.45) is 4.99 Å². The molecule has 0 aliphatic carbocycles. The number of aldehydes is 1. The summed E-state index contributed by atoms with van der Waals surface area (Å²) in [6.07, 6.45) is -3.97. The summed E-state index contributed by atoms with van der Waals surface area (Å²) in [6.45, 7) is 0. The summed E-state index contributed by atoms with van der Waals surface area (Å²) < 4.78 is 46.4. The molecule has 0 saturated heterocycles. The molecule has 2 aromatic heterocycles. The molecule has 3 aromatic rings. The smallest absolute Gasteiger partial charge is 0.435 e. The normalized spacial score (nSPS) is 16.0. The summed E-state index contributed by atoms with van der Waals surface area (Å²) in [5.41, 5.74) is -0.620. The maximum absolute atomic E-state index is 13.3. The molecule has 4 rings (SSSR count). The Morgan fingerprint density at radius 3 is 2.66 bits per heavy atom. The van der Waals surface area contributed by atoms with Crippen LogP contribution in [0.4, 0.5) is 18.9 Å². The van der Waals surface area contributed by atoms with Crippen molar-refractivity contribution >= 4 is 41.1 Å². The molecule has 0 N–H and O–H groups in total. The van der Waals surface area contributed by atoms with Crippen LogP contribution in [0, 0.1) is 0 Å². The van der Waals surface area contributed by atoms with E-state index >= 15 is 0 Å². The summed E-state index contributed by atoms with van der Waals surface area (Å²) in [4.78, 5) is 19.8. The Kier molecular flexibility index (Phi) is 4.79. The summed E-state index contributed by atoms with van der Waals surface area (Å²) in [5, 5.41) is 4.02. The van der Waals surface area contributed by atoms with Gasteiger partial charge in [-0.05, 0) is 30.3 Å². The molecule has 1 aromatic carbocycles. The molecule has 29 heavy (non-hydrogen) atoms. The van der Waals surface area contributed by atoms with Gasteiger partial charge < -0.3 is 4.74 Å². The fraction of sp³-hybridized carbons (Fsp3) is 0.111. The highest BCUT2D eigenvalue weighted by Crippen LogP contribution is 2.37. The number of carbonyl (C=O) groups is 1. The van der Waals surface area contributed by atoms with E-state index in [4.69, 9.17) is 27.9 Å². The minimum atomic E-state index is -4.73. The van der Waals surface area contributed by atoms with E-state index < -0.39 is 18.0 Å². The van der Waals surface area contributed by atoms with E-state index in [1.54, 1.807) is 6.07 Å². The Bertz CT molecular complexity index is 1140. The largest absolute Gasteiger partial charge is 0.460 e. The van der Waals surface area contributed by atoms with Crippen molar-refractivity contribution in [2.75, 3.05) is 0 Å². The predicted octanol–water partition coefficient (Wildman–Crippen LogP) is 4.94. The van der Waals surface area contributed by atoms with E-state index in [0.29, 0.717) is 22.6 Å². The number of halogens is 5. The highest BCUT2D eigenvalue weighted by molar-refractivity contribution is 6.32. The van der Waals surface area contributed by atoms with Gasteiger partial charge in [-0.2, -0.15) is 18.3 Å². The van der Waals surface area contributed by atoms with Crippen LogP contribution in [-0.4, -0.2) is 26.9 Å². The Hall–Kier alpha value is -2.91. The molecule has 0 amide bonds. The van der Waals surface area contributed by atoms with Gasteiger partial charge in [-0.3, -0.25) is 4.79 Å². The Morgan fingerprint density at radius 1 is 1.17 bits per heavy atom. The van der Waals surface area contributed by atoms with Gasteiger partial charge in [0.05, 0.1) is 10.7 Å². The highest BCUT2D eigenvalue weighted by Gasteiger charge is 2.37. The monoisotopic (exact) mass is 440 g/mol. The van der Waals surface area contributed by atoms with Crippen LogP contribution < -0.4 is 0 Å². The number of fused-ring (bicyclic) bond motifs is 1. The molecule has 6 nitrogen and oxygen atoms in total. The third-order valence-electron chi connectivity index (χ3n) is 4.04. The Balaban J connectivity index is 1.93. The van der Waals surface area contributed by atoms with Gasteiger partial charge in [-0.15, -0.1) is 0 Å². The number of benzene rings is 1. The molecule has 1 aliphatic rings. The van der Waals surface area contributed by atoms with E-state index in [1.165, 1.54) is 30.5 Å². The van der Waals surface area contributed by atoms with Crippen LogP contribution in [0.15, 0.2) is 47.6 Å². The fourth-order valence-corrected chi connectivity index (χ4v) is 3.14. The number of alkyl halides is 3. The quantitative estimate of drug-likeness (QED) is 0.540. The molecule has 0 fully saturated rings. The number of ether oxygens (including phenoxy) is 1. The van der Waals surface area contributed by atoms with E-state index in [-0.39, 0.29) is 22.4 Å². The molecule has 0 radical (unpaired) electrons. The second-order valence-corrected chi connectivity index (χ2v) is 6.77. The summed E-state index contributed by atoms with van der Waals surface area (Å²) in [7, 11) is 0. The van der Waals surface area contributed by atoms with Crippen molar-refractivity contribution in [3.8, 4) is 5.82 Å². The number of nitrogens with zero attached hydrogens (tertiary/aromatic N) is 4. The lowest BCUT2D eigenvalue weighted by atomic mass is 10.1. The van der Waals surface area contributed by atoms with E-state index in [0.717, 1.165) is 10.7 Å².